The van der Waals surface area contributed by atoms with E-state index in [1.807, 2.05) is 12.1 Å². The van der Waals surface area contributed by atoms with Crippen molar-refractivity contribution in [2.75, 3.05) is 27.9 Å². The molecule has 5 heteroatoms. The molecule has 1 aromatic rings. The Kier molecular flexibility index (Phi) is 3.93. The molecule has 0 aliphatic carbocycles. The quantitative estimate of drug-likeness (QED) is 0.881. The van der Waals surface area contributed by atoms with E-state index in [9.17, 15) is 0 Å². The molecule has 1 aliphatic heterocycles. The van der Waals surface area contributed by atoms with Gasteiger partial charge in [-0.3, -0.25) is 0 Å². The van der Waals surface area contributed by atoms with Gasteiger partial charge in [-0.2, -0.15) is 0 Å². The van der Waals surface area contributed by atoms with Gasteiger partial charge >= 0.3 is 0 Å². The fourth-order valence-electron chi connectivity index (χ4n) is 2.27. The summed E-state index contributed by atoms with van der Waals surface area (Å²) in [6.45, 7) is 0.670. The normalized spacial score (nSPS) is 22.9. The summed E-state index contributed by atoms with van der Waals surface area (Å²) in [7, 11) is 4.77. The van der Waals surface area contributed by atoms with Gasteiger partial charge in [0.25, 0.3) is 0 Å². The van der Waals surface area contributed by atoms with Crippen molar-refractivity contribution in [3.05, 3.63) is 17.7 Å². The van der Waals surface area contributed by atoms with E-state index in [-0.39, 0.29) is 12.1 Å². The second kappa shape index (κ2) is 5.46. The molecule has 1 fully saturated rings. The summed E-state index contributed by atoms with van der Waals surface area (Å²) >= 11 is 0. The molecule has 2 rings (SSSR count). The molecular weight excluding hydrogens is 234 g/mol. The highest BCUT2D eigenvalue weighted by atomic mass is 16.5. The van der Waals surface area contributed by atoms with Crippen molar-refractivity contribution in [1.29, 1.82) is 0 Å². The van der Waals surface area contributed by atoms with Crippen molar-refractivity contribution < 1.29 is 18.9 Å². The van der Waals surface area contributed by atoms with E-state index < -0.39 is 0 Å². The predicted octanol–water partition coefficient (Wildman–Crippen LogP) is 1.50. The zero-order valence-corrected chi connectivity index (χ0v) is 10.9. The lowest BCUT2D eigenvalue weighted by Gasteiger charge is -2.21. The van der Waals surface area contributed by atoms with Gasteiger partial charge in [0.2, 0.25) is 5.75 Å². The van der Waals surface area contributed by atoms with Crippen LogP contribution in [0.1, 0.15) is 18.1 Å². The van der Waals surface area contributed by atoms with Crippen molar-refractivity contribution in [2.45, 2.75) is 18.6 Å². The lowest BCUT2D eigenvalue weighted by molar-refractivity contribution is 0.102. The van der Waals surface area contributed by atoms with Gasteiger partial charge in [0.15, 0.2) is 11.5 Å². The monoisotopic (exact) mass is 253 g/mol. The van der Waals surface area contributed by atoms with E-state index in [4.69, 9.17) is 24.7 Å². The van der Waals surface area contributed by atoms with Crippen molar-refractivity contribution in [3.8, 4) is 17.2 Å². The fraction of sp³-hybridized carbons (Fsp3) is 0.538. The molecule has 1 heterocycles. The summed E-state index contributed by atoms with van der Waals surface area (Å²) in [5, 5.41) is 0. The maximum Gasteiger partial charge on any atom is 0.203 e. The molecule has 2 unspecified atom stereocenters. The zero-order valence-electron chi connectivity index (χ0n) is 10.9. The number of methoxy groups -OCH3 is 3. The van der Waals surface area contributed by atoms with Gasteiger partial charge in [-0.15, -0.1) is 0 Å². The number of benzene rings is 1. The number of ether oxygens (including phenoxy) is 4. The molecule has 5 nitrogen and oxygen atoms in total. The third kappa shape index (κ3) is 2.11. The van der Waals surface area contributed by atoms with E-state index in [0.29, 0.717) is 23.9 Å². The largest absolute Gasteiger partial charge is 0.493 e. The first-order chi connectivity index (χ1) is 8.72. The molecule has 0 radical (unpaired) electrons. The zero-order chi connectivity index (χ0) is 13.1. The fourth-order valence-corrected chi connectivity index (χ4v) is 2.27. The summed E-state index contributed by atoms with van der Waals surface area (Å²) < 4.78 is 21.7. The van der Waals surface area contributed by atoms with E-state index in [1.54, 1.807) is 21.3 Å². The number of hydrogen-bond acceptors (Lipinski definition) is 5. The van der Waals surface area contributed by atoms with E-state index in [0.717, 1.165) is 12.0 Å². The van der Waals surface area contributed by atoms with Crippen LogP contribution in [-0.4, -0.2) is 34.0 Å². The van der Waals surface area contributed by atoms with Crippen LogP contribution >= 0.6 is 0 Å². The molecule has 0 amide bonds. The number of nitrogens with two attached hydrogens (primary N) is 1. The van der Waals surface area contributed by atoms with E-state index in [1.165, 1.54) is 0 Å². The van der Waals surface area contributed by atoms with E-state index >= 15 is 0 Å². The second-order valence-corrected chi connectivity index (χ2v) is 4.17. The van der Waals surface area contributed by atoms with Crippen LogP contribution in [0, 0.1) is 0 Å². The molecule has 1 aromatic carbocycles. The molecular formula is C13H19NO4. The average molecular weight is 253 g/mol. The highest BCUT2D eigenvalue weighted by Gasteiger charge is 2.31. The number of hydrogen-bond donors (Lipinski definition) is 1. The van der Waals surface area contributed by atoms with Gasteiger partial charge in [0.1, 0.15) is 6.10 Å². The average Bonchev–Trinajstić information content (AvgIpc) is 2.82. The summed E-state index contributed by atoms with van der Waals surface area (Å²) in [5.41, 5.74) is 6.95. The molecule has 18 heavy (non-hydrogen) atoms. The first-order valence-electron chi connectivity index (χ1n) is 5.89. The van der Waals surface area contributed by atoms with Gasteiger partial charge in [-0.05, 0) is 18.6 Å². The molecule has 1 aliphatic rings. The standard InChI is InChI=1S/C13H19NO4/c1-15-10-5-4-8(11-9(14)6-7-18-11)12(16-2)13(10)17-3/h4-5,9,11H,6-7,14H2,1-3H3. The van der Waals surface area contributed by atoms with Crippen LogP contribution < -0.4 is 19.9 Å². The Morgan fingerprint density at radius 3 is 2.33 bits per heavy atom. The molecule has 1 saturated heterocycles. The minimum Gasteiger partial charge on any atom is -0.493 e. The van der Waals surface area contributed by atoms with Crippen LogP contribution in [0.3, 0.4) is 0 Å². The molecule has 0 spiro atoms. The minimum absolute atomic E-state index is 0.0167. The minimum atomic E-state index is -0.153. The van der Waals surface area contributed by atoms with Crippen LogP contribution in [0.5, 0.6) is 17.2 Å². The maximum absolute atomic E-state index is 6.04. The summed E-state index contributed by atoms with van der Waals surface area (Å²) in [4.78, 5) is 0. The highest BCUT2D eigenvalue weighted by molar-refractivity contribution is 5.56. The molecule has 2 atom stereocenters. The van der Waals surface area contributed by atoms with Crippen LogP contribution in [0.4, 0.5) is 0 Å². The Morgan fingerprint density at radius 1 is 1.11 bits per heavy atom. The van der Waals surface area contributed by atoms with Crippen LogP contribution in [0.25, 0.3) is 0 Å². The van der Waals surface area contributed by atoms with Crippen LogP contribution in [0.15, 0.2) is 12.1 Å². The van der Waals surface area contributed by atoms with Crippen LogP contribution in [-0.2, 0) is 4.74 Å². The van der Waals surface area contributed by atoms with Crippen molar-refractivity contribution in [2.24, 2.45) is 5.73 Å². The van der Waals surface area contributed by atoms with Crippen molar-refractivity contribution in [1.82, 2.24) is 0 Å². The van der Waals surface area contributed by atoms with Gasteiger partial charge in [0.05, 0.1) is 21.3 Å². The third-order valence-electron chi connectivity index (χ3n) is 3.18. The Balaban J connectivity index is 2.47. The predicted molar refractivity (Wildman–Crippen MR) is 67.4 cm³/mol. The Hall–Kier alpha value is -1.46. The van der Waals surface area contributed by atoms with Crippen LogP contribution in [0.2, 0.25) is 0 Å². The molecule has 100 valence electrons. The SMILES string of the molecule is COc1ccc(C2OCCC2N)c(OC)c1OC. The van der Waals surface area contributed by atoms with Gasteiger partial charge < -0.3 is 24.7 Å². The van der Waals surface area contributed by atoms with Gasteiger partial charge in [-0.25, -0.2) is 0 Å². The Bertz CT molecular complexity index is 422. The Labute approximate surface area is 107 Å². The Morgan fingerprint density at radius 2 is 1.83 bits per heavy atom. The van der Waals surface area contributed by atoms with Gasteiger partial charge in [-0.1, -0.05) is 0 Å². The van der Waals surface area contributed by atoms with E-state index in [2.05, 4.69) is 0 Å². The maximum atomic E-state index is 6.04. The number of rotatable bonds is 4. The summed E-state index contributed by atoms with van der Waals surface area (Å²) in [6.07, 6.45) is 0.696. The van der Waals surface area contributed by atoms with Crippen molar-refractivity contribution in [3.63, 3.8) is 0 Å². The third-order valence-corrected chi connectivity index (χ3v) is 3.18. The second-order valence-electron chi connectivity index (χ2n) is 4.17. The first-order valence-corrected chi connectivity index (χ1v) is 5.89. The smallest absolute Gasteiger partial charge is 0.203 e. The summed E-state index contributed by atoms with van der Waals surface area (Å²) in [6, 6.07) is 3.73. The molecule has 2 N–H and O–H groups in total. The highest BCUT2D eigenvalue weighted by Crippen LogP contribution is 2.44. The topological polar surface area (TPSA) is 62.9 Å². The summed E-state index contributed by atoms with van der Waals surface area (Å²) in [5.74, 6) is 1.82. The first kappa shape index (κ1) is 13.0. The molecule has 0 bridgehead atoms. The molecule has 0 saturated carbocycles. The lowest BCUT2D eigenvalue weighted by Crippen LogP contribution is -2.23. The van der Waals surface area contributed by atoms with Gasteiger partial charge in [0, 0.05) is 18.2 Å². The molecule has 0 aromatic heterocycles. The van der Waals surface area contributed by atoms with Crippen molar-refractivity contribution >= 4 is 0 Å². The lowest BCUT2D eigenvalue weighted by atomic mass is 10.0.